The molecule has 0 unspecified atom stereocenters. The molecule has 0 aromatic heterocycles. The molecule has 26 heavy (non-hydrogen) atoms. The van der Waals surface area contributed by atoms with Crippen molar-refractivity contribution >= 4 is 11.9 Å². The van der Waals surface area contributed by atoms with Gasteiger partial charge < -0.3 is 4.74 Å². The van der Waals surface area contributed by atoms with Crippen LogP contribution >= 0.6 is 0 Å². The van der Waals surface area contributed by atoms with Gasteiger partial charge in [-0.2, -0.15) is 13.2 Å². The normalized spacial score (nSPS) is 14.2. The Morgan fingerprint density at radius 3 is 2.54 bits per heavy atom. The van der Waals surface area contributed by atoms with Gasteiger partial charge in [0.2, 0.25) is 0 Å². The molecule has 3 rings (SSSR count). The molecule has 2 aromatic rings. The van der Waals surface area contributed by atoms with Crippen LogP contribution in [0.15, 0.2) is 42.5 Å². The lowest BCUT2D eigenvalue weighted by Gasteiger charge is -2.16. The van der Waals surface area contributed by atoms with Gasteiger partial charge in [0, 0.05) is 6.07 Å². The maximum absolute atomic E-state index is 13.6. The highest BCUT2D eigenvalue weighted by Crippen LogP contribution is 2.39. The minimum Gasteiger partial charge on any atom is -0.489 e. The summed E-state index contributed by atoms with van der Waals surface area (Å²) in [6.45, 7) is -0.137. The Balaban J connectivity index is 1.82. The number of alkyl halides is 3. The second-order valence-electron chi connectivity index (χ2n) is 6.09. The number of hydrogen-bond donors (Lipinski definition) is 0. The number of carbonyl (C=O) groups excluding carboxylic acids is 1. The molecule has 2 aromatic carbocycles. The molecule has 0 saturated heterocycles. The molecule has 0 N–H and O–H groups in total. The van der Waals surface area contributed by atoms with Gasteiger partial charge in [-0.1, -0.05) is 18.2 Å². The highest BCUT2D eigenvalue weighted by Gasteiger charge is 2.34. The maximum Gasteiger partial charge on any atom is 0.417 e. The summed E-state index contributed by atoms with van der Waals surface area (Å²) in [4.78, 5) is 10.6. The van der Waals surface area contributed by atoms with Crippen LogP contribution in [-0.4, -0.2) is 6.29 Å². The highest BCUT2D eigenvalue weighted by atomic mass is 19.4. The first-order chi connectivity index (χ1) is 12.4. The van der Waals surface area contributed by atoms with Crippen LogP contribution in [0.25, 0.3) is 5.57 Å². The Bertz CT molecular complexity index is 853. The van der Waals surface area contributed by atoms with E-state index in [0.29, 0.717) is 18.3 Å². The molecule has 0 amide bonds. The molecule has 6 heteroatoms. The third-order valence-electron chi connectivity index (χ3n) is 4.28. The van der Waals surface area contributed by atoms with E-state index in [-0.39, 0.29) is 23.5 Å². The number of carbonyl (C=O) groups is 1. The monoisotopic (exact) mass is 364 g/mol. The van der Waals surface area contributed by atoms with Crippen LogP contribution in [0, 0.1) is 5.82 Å². The van der Waals surface area contributed by atoms with Crippen molar-refractivity contribution in [3.8, 4) is 5.75 Å². The maximum atomic E-state index is 13.6. The molecule has 0 bridgehead atoms. The molecule has 136 valence electrons. The van der Waals surface area contributed by atoms with Crippen molar-refractivity contribution in [2.45, 2.75) is 32.0 Å². The summed E-state index contributed by atoms with van der Waals surface area (Å²) in [7, 11) is 0. The molecule has 0 atom stereocenters. The Morgan fingerprint density at radius 2 is 1.92 bits per heavy atom. The van der Waals surface area contributed by atoms with Crippen LogP contribution in [0.5, 0.6) is 5.75 Å². The zero-order valence-corrected chi connectivity index (χ0v) is 13.8. The molecule has 0 heterocycles. The lowest BCUT2D eigenvalue weighted by molar-refractivity contribution is -0.137. The highest BCUT2D eigenvalue weighted by molar-refractivity contribution is 5.75. The predicted octanol–water partition coefficient (Wildman–Crippen LogP) is 5.80. The van der Waals surface area contributed by atoms with Gasteiger partial charge >= 0.3 is 6.18 Å². The second kappa shape index (κ2) is 7.32. The number of aldehydes is 1. The van der Waals surface area contributed by atoms with Crippen molar-refractivity contribution < 1.29 is 27.1 Å². The van der Waals surface area contributed by atoms with E-state index >= 15 is 0 Å². The second-order valence-corrected chi connectivity index (χ2v) is 6.09. The summed E-state index contributed by atoms with van der Waals surface area (Å²) in [6, 6.07) is 7.81. The van der Waals surface area contributed by atoms with Crippen molar-refractivity contribution in [3.63, 3.8) is 0 Å². The molecule has 2 nitrogen and oxygen atoms in total. The molecule has 0 radical (unpaired) electrons. The summed E-state index contributed by atoms with van der Waals surface area (Å²) in [5.74, 6) is -0.596. The number of ether oxygens (including phenoxy) is 1. The van der Waals surface area contributed by atoms with Gasteiger partial charge in [0.1, 0.15) is 18.2 Å². The Kier molecular flexibility index (Phi) is 5.11. The standard InChI is InChI=1S/C20H16F4O2/c21-19-10-16(7-6-15(19)11-25)26-12-13-5-8-17(14-3-1-2-4-14)18(9-13)20(22,23)24/h3,5-11H,1-2,4,12H2. The van der Waals surface area contributed by atoms with Crippen molar-refractivity contribution in [2.24, 2.45) is 0 Å². The molecule has 0 saturated carbocycles. The zero-order chi connectivity index (χ0) is 18.7. The SMILES string of the molecule is O=Cc1ccc(OCc2ccc(C3=CCCC3)c(C(F)(F)F)c2)cc1F. The zero-order valence-electron chi connectivity index (χ0n) is 13.8. The lowest BCUT2D eigenvalue weighted by atomic mass is 9.96. The van der Waals surface area contributed by atoms with E-state index in [1.807, 2.05) is 6.08 Å². The smallest absolute Gasteiger partial charge is 0.417 e. The molecule has 1 aliphatic rings. The molecule has 0 fully saturated rings. The number of allylic oxidation sites excluding steroid dienone is 2. The van der Waals surface area contributed by atoms with Gasteiger partial charge in [0.15, 0.2) is 6.29 Å². The Morgan fingerprint density at radius 1 is 1.12 bits per heavy atom. The number of hydrogen-bond acceptors (Lipinski definition) is 2. The first-order valence-electron chi connectivity index (χ1n) is 8.15. The minimum absolute atomic E-state index is 0.106. The first-order valence-corrected chi connectivity index (χ1v) is 8.15. The van der Waals surface area contributed by atoms with Crippen molar-refractivity contribution in [3.05, 3.63) is 70.5 Å². The third-order valence-corrected chi connectivity index (χ3v) is 4.28. The molecular formula is C20H16F4O2. The van der Waals surface area contributed by atoms with Crippen molar-refractivity contribution in [2.75, 3.05) is 0 Å². The van der Waals surface area contributed by atoms with Crippen molar-refractivity contribution in [1.82, 2.24) is 0 Å². The largest absolute Gasteiger partial charge is 0.489 e. The van der Waals surface area contributed by atoms with E-state index in [9.17, 15) is 22.4 Å². The summed E-state index contributed by atoms with van der Waals surface area (Å²) < 4.78 is 59.2. The van der Waals surface area contributed by atoms with Gasteiger partial charge in [-0.25, -0.2) is 4.39 Å². The van der Waals surface area contributed by atoms with Crippen LogP contribution in [0.3, 0.4) is 0 Å². The summed E-state index contributed by atoms with van der Waals surface area (Å²) in [5.41, 5.74) is 0.469. The van der Waals surface area contributed by atoms with E-state index in [2.05, 4.69) is 0 Å². The fraction of sp³-hybridized carbons (Fsp3) is 0.250. The van der Waals surface area contributed by atoms with Crippen molar-refractivity contribution in [1.29, 1.82) is 0 Å². The van der Waals surface area contributed by atoms with Gasteiger partial charge in [0.25, 0.3) is 0 Å². The summed E-state index contributed by atoms with van der Waals surface area (Å²) in [5, 5.41) is 0. The molecule has 1 aliphatic carbocycles. The van der Waals surface area contributed by atoms with Gasteiger partial charge in [-0.15, -0.1) is 0 Å². The van der Waals surface area contributed by atoms with Gasteiger partial charge in [0.05, 0.1) is 11.1 Å². The van der Waals surface area contributed by atoms with E-state index in [1.54, 1.807) is 6.07 Å². The summed E-state index contributed by atoms with van der Waals surface area (Å²) >= 11 is 0. The van der Waals surface area contributed by atoms with Gasteiger partial charge in [-0.3, -0.25) is 4.79 Å². The average molecular weight is 364 g/mol. The van der Waals surface area contributed by atoms with Crippen LogP contribution < -0.4 is 4.74 Å². The lowest BCUT2D eigenvalue weighted by Crippen LogP contribution is -2.10. The van der Waals surface area contributed by atoms with E-state index in [1.165, 1.54) is 18.2 Å². The first kappa shape index (κ1) is 18.2. The van der Waals surface area contributed by atoms with Crippen LogP contribution in [-0.2, 0) is 12.8 Å². The number of benzene rings is 2. The number of halogens is 4. The minimum atomic E-state index is -4.47. The molecular weight excluding hydrogens is 348 g/mol. The fourth-order valence-corrected chi connectivity index (χ4v) is 2.97. The third kappa shape index (κ3) is 3.95. The summed E-state index contributed by atoms with van der Waals surface area (Å²) in [6.07, 6.45) is 0.0523. The Labute approximate surface area is 148 Å². The Hall–Kier alpha value is -2.63. The van der Waals surface area contributed by atoms with E-state index in [0.717, 1.165) is 30.5 Å². The molecule has 0 aliphatic heterocycles. The van der Waals surface area contributed by atoms with Crippen LogP contribution in [0.4, 0.5) is 17.6 Å². The predicted molar refractivity (Wildman–Crippen MR) is 89.4 cm³/mol. The number of rotatable bonds is 5. The fourth-order valence-electron chi connectivity index (χ4n) is 2.97. The van der Waals surface area contributed by atoms with Gasteiger partial charge in [-0.05, 0) is 54.2 Å². The quantitative estimate of drug-likeness (QED) is 0.495. The van der Waals surface area contributed by atoms with E-state index < -0.39 is 17.6 Å². The molecule has 0 spiro atoms. The van der Waals surface area contributed by atoms with Crippen LogP contribution in [0.1, 0.15) is 46.3 Å². The average Bonchev–Trinajstić information content (AvgIpc) is 3.13. The van der Waals surface area contributed by atoms with Crippen LogP contribution in [0.2, 0.25) is 0 Å². The van der Waals surface area contributed by atoms with E-state index in [4.69, 9.17) is 4.74 Å². The topological polar surface area (TPSA) is 26.3 Å².